The van der Waals surface area contributed by atoms with Gasteiger partial charge in [0.05, 0.1) is 5.56 Å². The van der Waals surface area contributed by atoms with Crippen LogP contribution in [0.2, 0.25) is 0 Å². The van der Waals surface area contributed by atoms with Crippen molar-refractivity contribution in [1.29, 1.82) is 5.26 Å². The second kappa shape index (κ2) is 3.41. The third-order valence-electron chi connectivity index (χ3n) is 1.25. The number of benzene rings is 1. The van der Waals surface area contributed by atoms with E-state index in [0.29, 0.717) is 5.69 Å². The molecular weight excluding hydrogens is 155 g/mol. The monoisotopic (exact) mass is 160 g/mol. The Morgan fingerprint density at radius 1 is 1.42 bits per heavy atom. The third kappa shape index (κ3) is 1.74. The average Bonchev–Trinajstić information content (AvgIpc) is 2.03. The van der Waals surface area contributed by atoms with Gasteiger partial charge in [0.1, 0.15) is 5.82 Å². The largest absolute Gasteiger partial charge is 0.399 e. The zero-order valence-corrected chi connectivity index (χ0v) is 6.13. The molecule has 0 aliphatic heterocycles. The van der Waals surface area contributed by atoms with Crippen LogP contribution in [0.25, 0.3) is 0 Å². The van der Waals surface area contributed by atoms with Crippen LogP contribution < -0.4 is 5.73 Å². The lowest BCUT2D eigenvalue weighted by Gasteiger charge is -1.94. The van der Waals surface area contributed by atoms with Crippen molar-refractivity contribution in [3.63, 3.8) is 0 Å². The van der Waals surface area contributed by atoms with Crippen LogP contribution in [0.5, 0.6) is 0 Å². The van der Waals surface area contributed by atoms with Crippen molar-refractivity contribution in [3.05, 3.63) is 29.6 Å². The van der Waals surface area contributed by atoms with Crippen molar-refractivity contribution in [2.75, 3.05) is 5.73 Å². The molecule has 2 nitrogen and oxygen atoms in total. The Morgan fingerprint density at radius 3 is 2.75 bits per heavy atom. The molecule has 0 saturated heterocycles. The fourth-order valence-corrected chi connectivity index (χ4v) is 0.728. The summed E-state index contributed by atoms with van der Waals surface area (Å²) in [6, 6.07) is 5.74. The van der Waals surface area contributed by atoms with Crippen molar-refractivity contribution in [2.45, 2.75) is 0 Å². The van der Waals surface area contributed by atoms with Gasteiger partial charge in [0.25, 0.3) is 0 Å². The number of hydrogen-bond donors (Lipinski definition) is 1. The molecular formula is C9H5FN2. The van der Waals surface area contributed by atoms with Gasteiger partial charge in [-0.3, -0.25) is 0 Å². The smallest absolute Gasteiger partial charge is 0.152 e. The maximum atomic E-state index is 12.9. The Labute approximate surface area is 69.4 Å². The van der Waals surface area contributed by atoms with Gasteiger partial charge in [-0.15, -0.1) is 0 Å². The van der Waals surface area contributed by atoms with Crippen LogP contribution in [0, 0.1) is 29.0 Å². The van der Waals surface area contributed by atoms with Gasteiger partial charge in [0.15, 0.2) is 6.07 Å². The van der Waals surface area contributed by atoms with Crippen molar-refractivity contribution in [2.24, 2.45) is 0 Å². The number of rotatable bonds is 0. The second-order valence-electron chi connectivity index (χ2n) is 2.10. The van der Waals surface area contributed by atoms with Crippen LogP contribution in [0.4, 0.5) is 10.1 Å². The lowest BCUT2D eigenvalue weighted by atomic mass is 10.2. The zero-order valence-electron chi connectivity index (χ0n) is 6.13. The summed E-state index contributed by atoms with van der Waals surface area (Å²) in [5.41, 5.74) is 5.83. The van der Waals surface area contributed by atoms with Gasteiger partial charge < -0.3 is 5.73 Å². The molecule has 12 heavy (non-hydrogen) atoms. The number of nitrogen functional groups attached to an aromatic ring is 1. The van der Waals surface area contributed by atoms with Crippen molar-refractivity contribution in [1.82, 2.24) is 0 Å². The van der Waals surface area contributed by atoms with Crippen molar-refractivity contribution >= 4 is 5.69 Å². The summed E-state index contributed by atoms with van der Waals surface area (Å²) in [4.78, 5) is 0. The van der Waals surface area contributed by atoms with Gasteiger partial charge in [0, 0.05) is 11.6 Å². The molecule has 1 aromatic carbocycles. The molecule has 58 valence electrons. The van der Waals surface area contributed by atoms with Gasteiger partial charge in [-0.05, 0) is 24.1 Å². The Bertz CT molecular complexity index is 393. The SMILES string of the molecule is N#CC#Cc1ccc(N)cc1F. The Hall–Kier alpha value is -2.00. The van der Waals surface area contributed by atoms with Crippen molar-refractivity contribution < 1.29 is 4.39 Å². The molecule has 0 aliphatic carbocycles. The predicted octanol–water partition coefficient (Wildman–Crippen LogP) is 1.28. The number of nitriles is 1. The van der Waals surface area contributed by atoms with Gasteiger partial charge in [-0.2, -0.15) is 5.26 Å². The quantitative estimate of drug-likeness (QED) is 0.459. The highest BCUT2D eigenvalue weighted by Gasteiger charge is 1.97. The van der Waals surface area contributed by atoms with E-state index in [1.807, 2.05) is 0 Å². The second-order valence-corrected chi connectivity index (χ2v) is 2.10. The van der Waals surface area contributed by atoms with Crippen LogP contribution in [0.1, 0.15) is 5.56 Å². The fraction of sp³-hybridized carbons (Fsp3) is 0. The normalized spacial score (nSPS) is 8.00. The molecule has 0 saturated carbocycles. The number of hydrogen-bond acceptors (Lipinski definition) is 2. The molecule has 0 aliphatic rings. The molecule has 0 unspecified atom stereocenters. The average molecular weight is 160 g/mol. The summed E-state index contributed by atoms with van der Waals surface area (Å²) in [5, 5.41) is 8.10. The molecule has 0 bridgehead atoms. The van der Waals surface area contributed by atoms with E-state index in [0.717, 1.165) is 0 Å². The highest BCUT2D eigenvalue weighted by Crippen LogP contribution is 2.09. The van der Waals surface area contributed by atoms with E-state index in [1.165, 1.54) is 18.2 Å². The molecule has 1 aromatic rings. The summed E-state index contributed by atoms with van der Waals surface area (Å²) >= 11 is 0. The molecule has 2 N–H and O–H groups in total. The van der Waals surface area contributed by atoms with Crippen molar-refractivity contribution in [3.8, 4) is 17.9 Å². The van der Waals surface area contributed by atoms with Crippen LogP contribution in [-0.2, 0) is 0 Å². The van der Waals surface area contributed by atoms with Crippen LogP contribution in [0.15, 0.2) is 18.2 Å². The number of nitrogens with zero attached hydrogens (tertiary/aromatic N) is 1. The summed E-state index contributed by atoms with van der Waals surface area (Å²) in [6.07, 6.45) is 0. The summed E-state index contributed by atoms with van der Waals surface area (Å²) in [6.45, 7) is 0. The third-order valence-corrected chi connectivity index (χ3v) is 1.25. The van der Waals surface area contributed by atoms with E-state index < -0.39 is 5.82 Å². The molecule has 0 aromatic heterocycles. The topological polar surface area (TPSA) is 49.8 Å². The summed E-state index contributed by atoms with van der Waals surface area (Å²) in [5.74, 6) is 3.95. The van der Waals surface area contributed by atoms with Gasteiger partial charge in [-0.25, -0.2) is 4.39 Å². The molecule has 0 fully saturated rings. The van der Waals surface area contributed by atoms with E-state index in [-0.39, 0.29) is 5.56 Å². The first-order valence-corrected chi connectivity index (χ1v) is 3.19. The number of nitrogens with two attached hydrogens (primary N) is 1. The minimum Gasteiger partial charge on any atom is -0.399 e. The Kier molecular flexibility index (Phi) is 2.30. The highest BCUT2D eigenvalue weighted by molar-refractivity contribution is 5.47. The molecule has 0 heterocycles. The Morgan fingerprint density at radius 2 is 2.17 bits per heavy atom. The van der Waals surface area contributed by atoms with Crippen LogP contribution in [-0.4, -0.2) is 0 Å². The molecule has 0 spiro atoms. The molecule has 0 amide bonds. The molecule has 3 heteroatoms. The maximum Gasteiger partial charge on any atom is 0.152 e. The van der Waals surface area contributed by atoms with E-state index in [4.69, 9.17) is 11.0 Å². The summed E-state index contributed by atoms with van der Waals surface area (Å²) in [7, 11) is 0. The predicted molar refractivity (Wildman–Crippen MR) is 43.3 cm³/mol. The van der Waals surface area contributed by atoms with E-state index in [1.54, 1.807) is 6.07 Å². The van der Waals surface area contributed by atoms with Crippen LogP contribution in [0.3, 0.4) is 0 Å². The van der Waals surface area contributed by atoms with Gasteiger partial charge in [-0.1, -0.05) is 0 Å². The zero-order chi connectivity index (χ0) is 8.97. The molecule has 0 atom stereocenters. The highest BCUT2D eigenvalue weighted by atomic mass is 19.1. The molecule has 1 rings (SSSR count). The van der Waals surface area contributed by atoms with E-state index in [9.17, 15) is 4.39 Å². The summed E-state index contributed by atoms with van der Waals surface area (Å²) < 4.78 is 12.9. The van der Waals surface area contributed by atoms with E-state index >= 15 is 0 Å². The first-order chi connectivity index (χ1) is 5.74. The molecule has 0 radical (unpaired) electrons. The first-order valence-electron chi connectivity index (χ1n) is 3.19. The number of anilines is 1. The van der Waals surface area contributed by atoms with Crippen LogP contribution >= 0.6 is 0 Å². The minimum atomic E-state index is -0.502. The first kappa shape index (κ1) is 8.10. The van der Waals surface area contributed by atoms with Gasteiger partial charge >= 0.3 is 0 Å². The minimum absolute atomic E-state index is 0.186. The fourth-order valence-electron chi connectivity index (χ4n) is 0.728. The standard InChI is InChI=1S/C9H5FN2/c10-9-6-8(12)4-3-7(9)2-1-5-11/h3-4,6H,12H2. The maximum absolute atomic E-state index is 12.9. The number of halogens is 1. The van der Waals surface area contributed by atoms with E-state index in [2.05, 4.69) is 11.8 Å². The van der Waals surface area contributed by atoms with Gasteiger partial charge in [0.2, 0.25) is 0 Å². The Balaban J connectivity index is 3.12. The lowest BCUT2D eigenvalue weighted by molar-refractivity contribution is 0.625. The lowest BCUT2D eigenvalue weighted by Crippen LogP contribution is -1.88.